The summed E-state index contributed by atoms with van der Waals surface area (Å²) in [6, 6.07) is 5.52. The molecule has 5 nitrogen and oxygen atoms in total. The van der Waals surface area contributed by atoms with Crippen LogP contribution in [0, 0.1) is 0 Å². The van der Waals surface area contributed by atoms with E-state index < -0.39 is 5.56 Å². The highest BCUT2D eigenvalue weighted by atomic mass is 35.5. The number of nitrogens with zero attached hydrogens (tertiary/aromatic N) is 2. The van der Waals surface area contributed by atoms with Crippen LogP contribution in [0.5, 0.6) is 5.75 Å². The Morgan fingerprint density at radius 1 is 1.18 bits per heavy atom. The van der Waals surface area contributed by atoms with E-state index in [0.717, 1.165) is 10.7 Å². The SMILES string of the molecule is Nc1nn(-c2cc(Cl)cc(Cl)c2)c(=O)cc1O. The predicted octanol–water partition coefficient (Wildman–Crippen LogP) is 1.83. The van der Waals surface area contributed by atoms with Gasteiger partial charge in [0.05, 0.1) is 11.8 Å². The Labute approximate surface area is 106 Å². The normalized spacial score (nSPS) is 10.5. The van der Waals surface area contributed by atoms with Crippen LogP contribution in [0.3, 0.4) is 0 Å². The van der Waals surface area contributed by atoms with Crippen LogP contribution >= 0.6 is 23.2 Å². The molecular weight excluding hydrogens is 265 g/mol. The zero-order valence-electron chi connectivity index (χ0n) is 8.39. The van der Waals surface area contributed by atoms with Crippen molar-refractivity contribution in [1.29, 1.82) is 0 Å². The summed E-state index contributed by atoms with van der Waals surface area (Å²) in [5.74, 6) is -0.514. The summed E-state index contributed by atoms with van der Waals surface area (Å²) in [6.45, 7) is 0. The monoisotopic (exact) mass is 271 g/mol. The molecule has 1 aromatic heterocycles. The molecule has 88 valence electrons. The number of nitrogens with two attached hydrogens (primary N) is 1. The van der Waals surface area contributed by atoms with Crippen molar-refractivity contribution in [2.45, 2.75) is 0 Å². The van der Waals surface area contributed by atoms with Gasteiger partial charge in [0.25, 0.3) is 5.56 Å². The topological polar surface area (TPSA) is 81.1 Å². The average Bonchev–Trinajstić information content (AvgIpc) is 2.22. The molecule has 0 saturated heterocycles. The number of benzene rings is 1. The third-order valence-electron chi connectivity index (χ3n) is 2.03. The minimum Gasteiger partial charge on any atom is -0.504 e. The van der Waals surface area contributed by atoms with Crippen molar-refractivity contribution in [1.82, 2.24) is 9.78 Å². The molecule has 1 aromatic carbocycles. The summed E-state index contributed by atoms with van der Waals surface area (Å²) in [7, 11) is 0. The van der Waals surface area contributed by atoms with Crippen molar-refractivity contribution < 1.29 is 5.11 Å². The molecule has 0 aliphatic rings. The number of hydrogen-bond acceptors (Lipinski definition) is 4. The minimum atomic E-state index is -0.532. The number of rotatable bonds is 1. The molecule has 17 heavy (non-hydrogen) atoms. The van der Waals surface area contributed by atoms with Crippen molar-refractivity contribution in [3.8, 4) is 11.4 Å². The maximum Gasteiger partial charge on any atom is 0.275 e. The first-order valence-corrected chi connectivity index (χ1v) is 5.28. The zero-order valence-corrected chi connectivity index (χ0v) is 9.90. The molecule has 3 N–H and O–H groups in total. The van der Waals surface area contributed by atoms with Crippen molar-refractivity contribution in [2.24, 2.45) is 0 Å². The lowest BCUT2D eigenvalue weighted by atomic mass is 10.3. The number of nitrogen functional groups attached to an aromatic ring is 1. The van der Waals surface area contributed by atoms with Crippen LogP contribution < -0.4 is 11.3 Å². The summed E-state index contributed by atoms with van der Waals surface area (Å²) in [5.41, 5.74) is 5.26. The summed E-state index contributed by atoms with van der Waals surface area (Å²) >= 11 is 11.6. The second kappa shape index (κ2) is 4.27. The van der Waals surface area contributed by atoms with Crippen molar-refractivity contribution in [3.05, 3.63) is 44.7 Å². The molecule has 0 bridgehead atoms. The van der Waals surface area contributed by atoms with E-state index in [1.54, 1.807) is 0 Å². The lowest BCUT2D eigenvalue weighted by molar-refractivity contribution is 0.471. The van der Waals surface area contributed by atoms with Gasteiger partial charge in [-0.15, -0.1) is 5.10 Å². The Bertz CT molecular complexity index is 620. The summed E-state index contributed by atoms with van der Waals surface area (Å²) in [6.07, 6.45) is 0. The van der Waals surface area contributed by atoms with Crippen molar-refractivity contribution >= 4 is 29.0 Å². The van der Waals surface area contributed by atoms with E-state index in [2.05, 4.69) is 5.10 Å². The molecule has 0 fully saturated rings. The fourth-order valence-corrected chi connectivity index (χ4v) is 1.82. The van der Waals surface area contributed by atoms with Gasteiger partial charge in [-0.2, -0.15) is 4.68 Å². The standard InChI is InChI=1S/C10H7Cl2N3O2/c11-5-1-6(12)3-7(2-5)15-9(17)4-8(16)10(13)14-15/h1-4,16H,(H2,13,14). The van der Waals surface area contributed by atoms with Gasteiger partial charge >= 0.3 is 0 Å². The minimum absolute atomic E-state index is 0.152. The van der Waals surface area contributed by atoms with Crippen LogP contribution in [0.15, 0.2) is 29.1 Å². The smallest absolute Gasteiger partial charge is 0.275 e. The molecule has 2 aromatic rings. The van der Waals surface area contributed by atoms with Crippen LogP contribution in [-0.4, -0.2) is 14.9 Å². The molecule has 0 radical (unpaired) electrons. The second-order valence-corrected chi connectivity index (χ2v) is 4.17. The molecule has 7 heteroatoms. The second-order valence-electron chi connectivity index (χ2n) is 3.29. The average molecular weight is 272 g/mol. The first-order chi connectivity index (χ1) is 7.97. The van der Waals surface area contributed by atoms with Crippen LogP contribution in [0.4, 0.5) is 5.82 Å². The zero-order chi connectivity index (χ0) is 12.6. The molecule has 2 rings (SSSR count). The summed E-state index contributed by atoms with van der Waals surface area (Å²) < 4.78 is 1.01. The highest BCUT2D eigenvalue weighted by molar-refractivity contribution is 6.34. The Kier molecular flexibility index (Phi) is 2.95. The number of halogens is 2. The highest BCUT2D eigenvalue weighted by Crippen LogP contribution is 2.21. The Morgan fingerprint density at radius 2 is 1.76 bits per heavy atom. The largest absolute Gasteiger partial charge is 0.504 e. The van der Waals surface area contributed by atoms with Gasteiger partial charge in [-0.05, 0) is 18.2 Å². The Morgan fingerprint density at radius 3 is 2.35 bits per heavy atom. The third-order valence-corrected chi connectivity index (χ3v) is 2.47. The van der Waals surface area contributed by atoms with E-state index in [1.807, 2.05) is 0 Å². The molecule has 1 heterocycles. The van der Waals surface area contributed by atoms with Gasteiger partial charge in [0.1, 0.15) is 0 Å². The number of aromatic nitrogens is 2. The van der Waals surface area contributed by atoms with Gasteiger partial charge in [-0.3, -0.25) is 4.79 Å². The summed E-state index contributed by atoms with van der Waals surface area (Å²) in [4.78, 5) is 11.6. The Balaban J connectivity index is 2.68. The van der Waals surface area contributed by atoms with E-state index in [0.29, 0.717) is 15.7 Å². The molecule has 0 saturated carbocycles. The molecule has 0 spiro atoms. The van der Waals surface area contributed by atoms with Gasteiger partial charge < -0.3 is 10.8 Å². The van der Waals surface area contributed by atoms with Crippen LogP contribution in [0.1, 0.15) is 0 Å². The first-order valence-electron chi connectivity index (χ1n) is 4.52. The van der Waals surface area contributed by atoms with Crippen LogP contribution in [0.2, 0.25) is 10.0 Å². The number of aromatic hydroxyl groups is 1. The lowest BCUT2D eigenvalue weighted by Gasteiger charge is -2.07. The van der Waals surface area contributed by atoms with Gasteiger partial charge in [-0.25, -0.2) is 0 Å². The molecule has 0 aliphatic heterocycles. The van der Waals surface area contributed by atoms with Gasteiger partial charge in [-0.1, -0.05) is 23.2 Å². The number of anilines is 1. The highest BCUT2D eigenvalue weighted by Gasteiger charge is 2.08. The molecule has 0 amide bonds. The lowest BCUT2D eigenvalue weighted by Crippen LogP contribution is -2.21. The van der Waals surface area contributed by atoms with Gasteiger partial charge in [0, 0.05) is 10.0 Å². The fourth-order valence-electron chi connectivity index (χ4n) is 1.31. The molecule has 0 unspecified atom stereocenters. The van der Waals surface area contributed by atoms with Gasteiger partial charge in [0.2, 0.25) is 0 Å². The third kappa shape index (κ3) is 2.35. The van der Waals surface area contributed by atoms with E-state index in [4.69, 9.17) is 28.9 Å². The van der Waals surface area contributed by atoms with E-state index in [9.17, 15) is 9.90 Å². The summed E-state index contributed by atoms with van der Waals surface area (Å²) in [5, 5.41) is 13.7. The predicted molar refractivity (Wildman–Crippen MR) is 65.9 cm³/mol. The van der Waals surface area contributed by atoms with E-state index in [-0.39, 0.29) is 11.6 Å². The maximum atomic E-state index is 11.6. The van der Waals surface area contributed by atoms with E-state index in [1.165, 1.54) is 18.2 Å². The van der Waals surface area contributed by atoms with Gasteiger partial charge in [0.15, 0.2) is 11.6 Å². The van der Waals surface area contributed by atoms with Crippen molar-refractivity contribution in [3.63, 3.8) is 0 Å². The van der Waals surface area contributed by atoms with Crippen LogP contribution in [-0.2, 0) is 0 Å². The molecular formula is C10H7Cl2N3O2. The van der Waals surface area contributed by atoms with Crippen molar-refractivity contribution in [2.75, 3.05) is 5.73 Å². The Hall–Kier alpha value is -1.72. The first kappa shape index (κ1) is 11.8. The molecule has 0 aliphatic carbocycles. The maximum absolute atomic E-state index is 11.6. The number of hydrogen-bond donors (Lipinski definition) is 2. The quantitative estimate of drug-likeness (QED) is 0.829. The molecule has 0 atom stereocenters. The van der Waals surface area contributed by atoms with Crippen LogP contribution in [0.25, 0.3) is 5.69 Å². The van der Waals surface area contributed by atoms with E-state index >= 15 is 0 Å². The fraction of sp³-hybridized carbons (Fsp3) is 0.